The van der Waals surface area contributed by atoms with Crippen molar-refractivity contribution in [2.24, 2.45) is 0 Å². The van der Waals surface area contributed by atoms with Crippen LogP contribution >= 0.6 is 0 Å². The van der Waals surface area contributed by atoms with Crippen LogP contribution < -0.4 is 56.8 Å². The highest BCUT2D eigenvalue weighted by Gasteiger charge is 2.24. The van der Waals surface area contributed by atoms with E-state index in [1.54, 1.807) is 73.9 Å². The van der Waals surface area contributed by atoms with Crippen LogP contribution in [0.15, 0.2) is 192 Å². The summed E-state index contributed by atoms with van der Waals surface area (Å²) in [5.41, 5.74) is 11.8. The fourth-order valence-electron chi connectivity index (χ4n) is 8.44. The summed E-state index contributed by atoms with van der Waals surface area (Å²) < 4.78 is 128. The van der Waals surface area contributed by atoms with E-state index in [2.05, 4.69) is 30.1 Å². The Balaban J connectivity index is 0.000000234. The maximum atomic E-state index is 13.7. The van der Waals surface area contributed by atoms with Crippen LogP contribution in [0.2, 0.25) is 0 Å². The van der Waals surface area contributed by atoms with Gasteiger partial charge in [0.1, 0.15) is 22.3 Å². The molecule has 8 aromatic rings. The second-order valence-corrected chi connectivity index (χ2v) is 24.0. The molecule has 8 rings (SSSR count). The molecule has 0 aliphatic rings. The van der Waals surface area contributed by atoms with Gasteiger partial charge in [0.15, 0.2) is 11.6 Å². The zero-order valence-electron chi connectivity index (χ0n) is 52.1. The smallest absolute Gasteiger partial charge is 0.387 e. The minimum Gasteiger partial charge on any atom is -0.494 e. The molecule has 4 atom stereocenters. The third kappa shape index (κ3) is 23.3. The number of rotatable bonds is 21. The lowest BCUT2D eigenvalue weighted by Crippen LogP contribution is -2.31. The molecular weight excluding hydrogens is 1320 g/mol. The van der Waals surface area contributed by atoms with Gasteiger partial charge in [-0.05, 0) is 178 Å². The quantitative estimate of drug-likeness (QED) is 0.0181. The zero-order chi connectivity index (χ0) is 71.7. The number of aryl methyl sites for hydroxylation is 1. The van der Waals surface area contributed by atoms with Crippen molar-refractivity contribution in [3.05, 3.63) is 255 Å². The van der Waals surface area contributed by atoms with Crippen LogP contribution in [0.3, 0.4) is 0 Å². The number of hydrogen-bond acceptors (Lipinski definition) is 16. The van der Waals surface area contributed by atoms with Gasteiger partial charge in [0, 0.05) is 45.6 Å². The molecule has 0 heterocycles. The first-order chi connectivity index (χ1) is 45.9. The first kappa shape index (κ1) is 77.0. The Hall–Kier alpha value is -10.7. The maximum Gasteiger partial charge on any atom is 0.387 e. The molecular formula is C65H66F5N9O16S2. The molecule has 32 heteroatoms. The van der Waals surface area contributed by atoms with E-state index < -0.39 is 90.7 Å². The van der Waals surface area contributed by atoms with E-state index in [-0.39, 0.29) is 51.1 Å². The molecule has 13 N–H and O–H groups in total. The van der Waals surface area contributed by atoms with Gasteiger partial charge in [-0.2, -0.15) is 8.78 Å². The molecule has 25 nitrogen and oxygen atoms in total. The molecule has 0 aromatic heterocycles. The highest BCUT2D eigenvalue weighted by atomic mass is 32.2. The van der Waals surface area contributed by atoms with Crippen LogP contribution in [-0.4, -0.2) is 87.0 Å². The number of methoxy groups -OCH3 is 1. The van der Waals surface area contributed by atoms with Crippen molar-refractivity contribution in [1.29, 1.82) is 0 Å². The van der Waals surface area contributed by atoms with Crippen LogP contribution in [0.4, 0.5) is 32.4 Å². The molecule has 0 saturated heterocycles. The van der Waals surface area contributed by atoms with Gasteiger partial charge in [-0.1, -0.05) is 66.2 Å². The van der Waals surface area contributed by atoms with Gasteiger partial charge < -0.3 is 25.4 Å². The third-order valence-electron chi connectivity index (χ3n) is 13.7. The van der Waals surface area contributed by atoms with E-state index >= 15 is 0 Å². The summed E-state index contributed by atoms with van der Waals surface area (Å²) in [5, 5.41) is 42.5. The fraction of sp³-hybridized carbons (Fsp3) is 0.169. The number of anilines is 1. The third-order valence-corrected chi connectivity index (χ3v) is 16.8. The standard InChI is InChI=1S/C17H17F2N3O4.C17H18N2O3.C16H17FN2O5S.C15H14F2N2O4S/c1-10(11-2-4-12(5-3-11)15(23)22-25)20-17(24)21-13-6-8-14(9-7-13)26-16(18)19;1-11-6-8-13(9-7-11)16(20)18-12(2)14-4-3-5-15(10-14)17(21)19-22;1-10(11-3-5-12(6-4-11)16(20)18-21)19-25(22,23)13-7-8-15(24-2)14(17)9-13;1-9(10-2-4-11(5-3-10)15(20)18-21)19-24(22,23)14-8-12(16)6-7-13(14)17/h2-10,16,25H,1H3,(H,22,23)(H2,20,21,24);3-10,12,22H,1-2H3,(H,18,20)(H,19,21);3-10,19,21H,1-2H3,(H,18,20);2-9,19,21H,1H3,(H,18,20). The number of nitrogens with one attached hydrogen (secondary N) is 9. The minimum absolute atomic E-state index is 0.00803. The highest BCUT2D eigenvalue weighted by molar-refractivity contribution is 7.89. The number of amides is 7. The Bertz CT molecular complexity index is 4250. The summed E-state index contributed by atoms with van der Waals surface area (Å²) in [6.45, 7) is 5.76. The van der Waals surface area contributed by atoms with E-state index in [4.69, 9.17) is 25.6 Å². The Kier molecular flexibility index (Phi) is 28.8. The lowest BCUT2D eigenvalue weighted by atomic mass is 10.0. The first-order valence-corrected chi connectivity index (χ1v) is 31.4. The van der Waals surface area contributed by atoms with Crippen LogP contribution in [-0.2, 0) is 20.0 Å². The van der Waals surface area contributed by atoms with Crippen molar-refractivity contribution in [2.45, 2.75) is 75.2 Å². The van der Waals surface area contributed by atoms with Gasteiger partial charge in [0.2, 0.25) is 20.0 Å². The van der Waals surface area contributed by atoms with E-state index in [1.165, 1.54) is 115 Å². The van der Waals surface area contributed by atoms with E-state index in [0.29, 0.717) is 34.0 Å². The lowest BCUT2D eigenvalue weighted by Gasteiger charge is -2.15. The molecule has 0 bridgehead atoms. The Labute approximate surface area is 553 Å². The molecule has 97 heavy (non-hydrogen) atoms. The number of hydrogen-bond donors (Lipinski definition) is 13. The first-order valence-electron chi connectivity index (χ1n) is 28.4. The average molecular weight is 1390 g/mol. The average Bonchev–Trinajstić information content (AvgIpc) is 0.826. The van der Waals surface area contributed by atoms with Crippen molar-refractivity contribution >= 4 is 61.3 Å². The Morgan fingerprint density at radius 2 is 0.887 bits per heavy atom. The molecule has 0 spiro atoms. The molecule has 0 radical (unpaired) electrons. The number of urea groups is 1. The zero-order valence-corrected chi connectivity index (χ0v) is 53.7. The van der Waals surface area contributed by atoms with Gasteiger partial charge in [0.25, 0.3) is 29.5 Å². The second kappa shape index (κ2) is 36.3. The summed E-state index contributed by atoms with van der Waals surface area (Å²) in [5.74, 6) is -5.55. The topological polar surface area (TPSA) is 378 Å². The molecule has 0 saturated carbocycles. The maximum absolute atomic E-state index is 13.7. The molecule has 8 aromatic carbocycles. The Morgan fingerprint density at radius 3 is 1.35 bits per heavy atom. The predicted octanol–water partition coefficient (Wildman–Crippen LogP) is 10.0. The molecule has 0 fully saturated rings. The normalized spacial score (nSPS) is 12.1. The van der Waals surface area contributed by atoms with Crippen LogP contribution in [0.5, 0.6) is 11.5 Å². The summed E-state index contributed by atoms with van der Waals surface area (Å²) in [6, 6.07) is 40.6. The molecule has 4 unspecified atom stereocenters. The van der Waals surface area contributed by atoms with Gasteiger partial charge in [-0.15, -0.1) is 0 Å². The Morgan fingerprint density at radius 1 is 0.443 bits per heavy atom. The molecule has 7 amide bonds. The number of alkyl halides is 2. The van der Waals surface area contributed by atoms with Crippen molar-refractivity contribution in [1.82, 2.24) is 42.0 Å². The molecule has 514 valence electrons. The number of carbonyl (C=O) groups excluding carboxylic acids is 6. The number of benzene rings is 8. The van der Waals surface area contributed by atoms with Gasteiger partial charge in [-0.3, -0.25) is 44.8 Å². The largest absolute Gasteiger partial charge is 0.494 e. The monoisotopic (exact) mass is 1390 g/mol. The van der Waals surface area contributed by atoms with E-state index in [9.17, 15) is 67.6 Å². The van der Waals surface area contributed by atoms with Crippen molar-refractivity contribution < 1.29 is 97.9 Å². The molecule has 0 aliphatic carbocycles. The van der Waals surface area contributed by atoms with Crippen LogP contribution in [0.1, 0.15) is 131 Å². The summed E-state index contributed by atoms with van der Waals surface area (Å²) >= 11 is 0. The summed E-state index contributed by atoms with van der Waals surface area (Å²) in [4.78, 5) is 68.4. The number of ether oxygens (including phenoxy) is 2. The summed E-state index contributed by atoms with van der Waals surface area (Å²) in [7, 11) is -6.94. The number of sulfonamides is 2. The predicted molar refractivity (Wildman–Crippen MR) is 340 cm³/mol. The van der Waals surface area contributed by atoms with Crippen molar-refractivity contribution in [2.75, 3.05) is 12.4 Å². The lowest BCUT2D eigenvalue weighted by molar-refractivity contribution is -0.0498. The second-order valence-electron chi connectivity index (χ2n) is 20.6. The van der Waals surface area contributed by atoms with Crippen molar-refractivity contribution in [3.63, 3.8) is 0 Å². The van der Waals surface area contributed by atoms with Gasteiger partial charge in [0.05, 0.1) is 24.1 Å². The fourth-order valence-corrected chi connectivity index (χ4v) is 11.0. The SMILES string of the molecule is CC(NC(=O)Nc1ccc(OC(F)F)cc1)c1ccc(C(=O)NO)cc1.CC(NS(=O)(=O)c1cc(F)ccc1F)c1ccc(C(=O)NO)cc1.COc1ccc(S(=O)(=O)NC(C)c2ccc(C(=O)NO)cc2)cc1F.Cc1ccc(C(=O)NC(C)c2cccc(C(=O)NO)c2)cc1. The van der Waals surface area contributed by atoms with Crippen LogP contribution in [0, 0.1) is 24.4 Å². The van der Waals surface area contributed by atoms with Crippen molar-refractivity contribution in [3.8, 4) is 11.5 Å². The van der Waals surface area contributed by atoms with E-state index in [1.807, 2.05) is 32.0 Å². The number of halogens is 5. The van der Waals surface area contributed by atoms with Crippen LogP contribution in [0.25, 0.3) is 0 Å². The number of carbonyl (C=O) groups is 6. The minimum atomic E-state index is -4.28. The van der Waals surface area contributed by atoms with Gasteiger partial charge in [-0.25, -0.2) is 66.2 Å². The van der Waals surface area contributed by atoms with E-state index in [0.717, 1.165) is 34.9 Å². The summed E-state index contributed by atoms with van der Waals surface area (Å²) in [6.07, 6.45) is 0. The molecule has 0 aliphatic heterocycles. The van der Waals surface area contributed by atoms with Gasteiger partial charge >= 0.3 is 12.6 Å². The highest BCUT2D eigenvalue weighted by Crippen LogP contribution is 2.25. The number of hydroxylamine groups is 4.